The summed E-state index contributed by atoms with van der Waals surface area (Å²) in [6.45, 7) is 5.67. The van der Waals surface area contributed by atoms with E-state index in [9.17, 15) is 26.7 Å². The number of aromatic nitrogens is 2. The van der Waals surface area contributed by atoms with E-state index in [2.05, 4.69) is 9.71 Å². The van der Waals surface area contributed by atoms with Gasteiger partial charge in [-0.05, 0) is 63.4 Å². The number of sulfonamides is 2. The molecule has 1 aliphatic rings. The summed E-state index contributed by atoms with van der Waals surface area (Å²) >= 11 is 0. The largest absolute Gasteiger partial charge is 0.490 e. The molecule has 4 atom stereocenters. The molecule has 0 aliphatic carbocycles. The number of aryl methyl sites for hydroxylation is 1. The number of ether oxygens (including phenoxy) is 2. The van der Waals surface area contributed by atoms with Crippen molar-refractivity contribution in [1.29, 1.82) is 0 Å². The maximum atomic E-state index is 14.3. The molecule has 15 heteroatoms. The molecular weight excluding hydrogens is 647 g/mol. The van der Waals surface area contributed by atoms with Crippen LogP contribution in [0.5, 0.6) is 5.75 Å². The zero-order chi connectivity index (χ0) is 34.4. The van der Waals surface area contributed by atoms with E-state index in [1.54, 1.807) is 50.4 Å². The number of hydrogen-bond donors (Lipinski definition) is 2. The van der Waals surface area contributed by atoms with Crippen molar-refractivity contribution in [2.75, 3.05) is 38.1 Å². The fraction of sp³-hybridized carbons (Fsp3) is 0.500. The van der Waals surface area contributed by atoms with Crippen molar-refractivity contribution >= 4 is 31.6 Å². The van der Waals surface area contributed by atoms with E-state index in [-0.39, 0.29) is 58.6 Å². The molecule has 2 N–H and O–H groups in total. The van der Waals surface area contributed by atoms with Gasteiger partial charge in [-0.3, -0.25) is 9.52 Å². The van der Waals surface area contributed by atoms with Crippen LogP contribution in [0.15, 0.2) is 71.0 Å². The number of hydrogen-bond acceptors (Lipinski definition) is 9. The molecule has 1 amide bonds. The summed E-state index contributed by atoms with van der Waals surface area (Å²) in [5, 5.41) is 10.0. The summed E-state index contributed by atoms with van der Waals surface area (Å²) in [6, 6.07) is 12.0. The third kappa shape index (κ3) is 9.11. The lowest BCUT2D eigenvalue weighted by Crippen LogP contribution is -2.48. The highest BCUT2D eigenvalue weighted by atomic mass is 32.2. The Labute approximate surface area is 277 Å². The SMILES string of the molecule is C[C@@H]1CCCCO[C@H](CN(C)S(=O)(=O)c2ccccc2)[C@@H](C)CN([C@H](C)CO)C(=O)c2cc(NS(=O)(=O)c3cn(C)cn3)ccc2O1. The lowest BCUT2D eigenvalue weighted by atomic mass is 10.0. The minimum Gasteiger partial charge on any atom is -0.490 e. The number of benzene rings is 2. The average Bonchev–Trinajstić information content (AvgIpc) is 3.49. The molecule has 1 aromatic heterocycles. The molecule has 47 heavy (non-hydrogen) atoms. The molecule has 0 bridgehead atoms. The first-order valence-corrected chi connectivity index (χ1v) is 18.5. The Hall–Kier alpha value is -3.50. The van der Waals surface area contributed by atoms with Crippen molar-refractivity contribution in [3.63, 3.8) is 0 Å². The van der Waals surface area contributed by atoms with E-state index in [1.807, 2.05) is 13.8 Å². The number of nitrogens with zero attached hydrogens (tertiary/aromatic N) is 4. The highest BCUT2D eigenvalue weighted by Gasteiger charge is 2.32. The number of nitrogens with one attached hydrogen (secondary N) is 1. The highest BCUT2D eigenvalue weighted by Crippen LogP contribution is 2.29. The molecule has 2 aromatic carbocycles. The van der Waals surface area contributed by atoms with Gasteiger partial charge in [0.05, 0.1) is 41.6 Å². The molecule has 0 spiro atoms. The van der Waals surface area contributed by atoms with Crippen LogP contribution in [0.3, 0.4) is 0 Å². The van der Waals surface area contributed by atoms with Crippen LogP contribution < -0.4 is 9.46 Å². The van der Waals surface area contributed by atoms with Gasteiger partial charge in [0, 0.05) is 51.6 Å². The summed E-state index contributed by atoms with van der Waals surface area (Å²) in [6.07, 6.45) is 4.02. The van der Waals surface area contributed by atoms with Gasteiger partial charge in [0.1, 0.15) is 5.75 Å². The molecule has 0 saturated carbocycles. The third-order valence-electron chi connectivity index (χ3n) is 8.15. The van der Waals surface area contributed by atoms with Gasteiger partial charge >= 0.3 is 0 Å². The van der Waals surface area contributed by atoms with Crippen LogP contribution in [0.4, 0.5) is 5.69 Å². The van der Waals surface area contributed by atoms with Crippen molar-refractivity contribution in [2.24, 2.45) is 13.0 Å². The average molecular weight is 692 g/mol. The summed E-state index contributed by atoms with van der Waals surface area (Å²) in [7, 11) is -4.69. The highest BCUT2D eigenvalue weighted by molar-refractivity contribution is 7.92. The van der Waals surface area contributed by atoms with Gasteiger partial charge in [-0.1, -0.05) is 25.1 Å². The number of carbonyl (C=O) groups is 1. The van der Waals surface area contributed by atoms with Crippen LogP contribution in [0, 0.1) is 5.92 Å². The number of rotatable bonds is 9. The minimum absolute atomic E-state index is 0.0451. The first-order valence-electron chi connectivity index (χ1n) is 15.6. The van der Waals surface area contributed by atoms with Crippen molar-refractivity contribution in [3.05, 3.63) is 66.6 Å². The van der Waals surface area contributed by atoms with Crippen LogP contribution in [-0.4, -0.2) is 98.2 Å². The standard InChI is InChI=1S/C32H45N5O8S2/c1-23-18-37(24(2)21-38)32(39)28-17-26(34-46(40,41)31-20-35(4)22-33-31)14-15-29(28)45-25(3)11-9-10-16-44-30(23)19-36(5)47(42,43)27-12-7-6-8-13-27/h6-8,12-15,17,20,22-25,30,34,38H,9-11,16,18-19,21H2,1-5H3/t23-,24+,25+,30+/m0/s1. The van der Waals surface area contributed by atoms with Crippen molar-refractivity contribution in [3.8, 4) is 5.75 Å². The van der Waals surface area contributed by atoms with E-state index >= 15 is 0 Å². The van der Waals surface area contributed by atoms with Crippen LogP contribution in [0.1, 0.15) is 50.4 Å². The van der Waals surface area contributed by atoms with Crippen LogP contribution in [0.2, 0.25) is 0 Å². The molecule has 2 heterocycles. The predicted octanol–water partition coefficient (Wildman–Crippen LogP) is 3.34. The van der Waals surface area contributed by atoms with Gasteiger partial charge in [0.2, 0.25) is 10.0 Å². The summed E-state index contributed by atoms with van der Waals surface area (Å²) < 4.78 is 70.5. The van der Waals surface area contributed by atoms with Gasteiger partial charge < -0.3 is 24.0 Å². The molecule has 13 nitrogen and oxygen atoms in total. The maximum Gasteiger partial charge on any atom is 0.280 e. The fourth-order valence-corrected chi connectivity index (χ4v) is 7.54. The first-order chi connectivity index (χ1) is 22.2. The van der Waals surface area contributed by atoms with Crippen LogP contribution in [0.25, 0.3) is 0 Å². The normalized spacial score (nSPS) is 21.0. The van der Waals surface area contributed by atoms with E-state index in [1.165, 1.54) is 45.5 Å². The molecule has 0 fully saturated rings. The second kappa shape index (κ2) is 15.6. The monoisotopic (exact) mass is 691 g/mol. The van der Waals surface area contributed by atoms with E-state index in [4.69, 9.17) is 9.47 Å². The van der Waals surface area contributed by atoms with E-state index in [0.29, 0.717) is 19.4 Å². The first kappa shape index (κ1) is 36.3. The van der Waals surface area contributed by atoms with Crippen molar-refractivity contribution < 1.29 is 36.2 Å². The minimum atomic E-state index is -4.05. The van der Waals surface area contributed by atoms with Gasteiger partial charge in [-0.15, -0.1) is 0 Å². The Kier molecular flexibility index (Phi) is 12.1. The van der Waals surface area contributed by atoms with Gasteiger partial charge in [0.25, 0.3) is 15.9 Å². The zero-order valence-corrected chi connectivity index (χ0v) is 29.1. The number of aliphatic hydroxyl groups excluding tert-OH is 1. The second-order valence-electron chi connectivity index (χ2n) is 12.1. The van der Waals surface area contributed by atoms with E-state index < -0.39 is 38.1 Å². The smallest absolute Gasteiger partial charge is 0.280 e. The Morgan fingerprint density at radius 3 is 2.49 bits per heavy atom. The molecule has 0 radical (unpaired) electrons. The summed E-state index contributed by atoms with van der Waals surface area (Å²) in [5.74, 6) is -0.566. The second-order valence-corrected chi connectivity index (χ2v) is 15.8. The molecular formula is C32H45N5O8S2. The number of aliphatic hydroxyl groups is 1. The quantitative estimate of drug-likeness (QED) is 0.343. The predicted molar refractivity (Wildman–Crippen MR) is 177 cm³/mol. The number of likely N-dealkylation sites (N-methyl/N-ethyl adjacent to an activating group) is 1. The van der Waals surface area contributed by atoms with Gasteiger partial charge in [-0.2, -0.15) is 12.7 Å². The van der Waals surface area contributed by atoms with Gasteiger partial charge in [-0.25, -0.2) is 13.4 Å². The Morgan fingerprint density at radius 2 is 1.83 bits per heavy atom. The molecule has 4 rings (SSSR count). The molecule has 258 valence electrons. The Balaban J connectivity index is 1.68. The number of carbonyl (C=O) groups excluding carboxylic acids is 1. The number of amides is 1. The third-order valence-corrected chi connectivity index (χ3v) is 11.3. The van der Waals surface area contributed by atoms with Crippen molar-refractivity contribution in [2.45, 2.75) is 68.2 Å². The maximum absolute atomic E-state index is 14.3. The van der Waals surface area contributed by atoms with Gasteiger partial charge in [0.15, 0.2) is 5.03 Å². The Morgan fingerprint density at radius 1 is 1.11 bits per heavy atom. The van der Waals surface area contributed by atoms with Crippen molar-refractivity contribution in [1.82, 2.24) is 18.8 Å². The zero-order valence-electron chi connectivity index (χ0n) is 27.4. The topological polar surface area (TPSA) is 160 Å². The lowest BCUT2D eigenvalue weighted by molar-refractivity contribution is -0.00833. The lowest BCUT2D eigenvalue weighted by Gasteiger charge is -2.35. The molecule has 0 saturated heterocycles. The van der Waals surface area contributed by atoms with Crippen LogP contribution >= 0.6 is 0 Å². The molecule has 3 aromatic rings. The number of anilines is 1. The number of fused-ring (bicyclic) bond motifs is 1. The summed E-state index contributed by atoms with van der Waals surface area (Å²) in [5.41, 5.74) is 0.252. The number of imidazole rings is 1. The van der Waals surface area contributed by atoms with E-state index in [0.717, 1.165) is 6.42 Å². The molecule has 1 aliphatic heterocycles. The summed E-state index contributed by atoms with van der Waals surface area (Å²) in [4.78, 5) is 19.9. The fourth-order valence-electron chi connectivity index (χ4n) is 5.31. The van der Waals surface area contributed by atoms with Crippen LogP contribution in [-0.2, 0) is 31.8 Å². The Bertz CT molecular complexity index is 1720. The molecule has 0 unspecified atom stereocenters.